The minimum atomic E-state index is -4.22. The lowest BCUT2D eigenvalue weighted by molar-refractivity contribution is -0.128. The number of aromatic nitrogens is 2. The molecule has 2 heterocycles. The number of imidazole rings is 1. The van der Waals surface area contributed by atoms with Crippen molar-refractivity contribution in [2.24, 2.45) is 0 Å². The van der Waals surface area contributed by atoms with E-state index in [2.05, 4.69) is 20.9 Å². The summed E-state index contributed by atoms with van der Waals surface area (Å²) in [6.07, 6.45) is -3.61. The lowest BCUT2D eigenvalue weighted by atomic mass is 10.3. The van der Waals surface area contributed by atoms with E-state index in [1.54, 1.807) is 18.3 Å². The minimum Gasteiger partial charge on any atom is -0.302 e. The standard InChI is InChI=1S/C9H5BrF3IN2/c10-5-2-1-3-16-6(4-9(11,12)13)7(14)15-8(5)16/h1-3H,4H2. The lowest BCUT2D eigenvalue weighted by Crippen LogP contribution is -2.14. The Hall–Kier alpha value is -0.310. The van der Waals surface area contributed by atoms with Crippen molar-refractivity contribution in [3.8, 4) is 0 Å². The molecule has 16 heavy (non-hydrogen) atoms. The molecule has 0 bridgehead atoms. The first kappa shape index (κ1) is 12.2. The van der Waals surface area contributed by atoms with Crippen molar-refractivity contribution >= 4 is 44.2 Å². The quantitative estimate of drug-likeness (QED) is 0.661. The first-order valence-electron chi connectivity index (χ1n) is 4.26. The predicted molar refractivity (Wildman–Crippen MR) is 65.4 cm³/mol. The van der Waals surface area contributed by atoms with Crippen molar-refractivity contribution in [2.45, 2.75) is 12.6 Å². The fourth-order valence-corrected chi connectivity index (χ4v) is 2.52. The fraction of sp³-hybridized carbons (Fsp3) is 0.222. The molecule has 0 unspecified atom stereocenters. The molecule has 0 saturated carbocycles. The Morgan fingerprint density at radius 1 is 1.44 bits per heavy atom. The molecule has 0 amide bonds. The summed E-state index contributed by atoms with van der Waals surface area (Å²) in [6, 6.07) is 3.42. The summed E-state index contributed by atoms with van der Waals surface area (Å²) in [6.45, 7) is 0. The van der Waals surface area contributed by atoms with Crippen LogP contribution in [0.3, 0.4) is 0 Å². The highest BCUT2D eigenvalue weighted by molar-refractivity contribution is 14.1. The molecule has 7 heteroatoms. The molecule has 0 fully saturated rings. The van der Waals surface area contributed by atoms with Gasteiger partial charge in [0.25, 0.3) is 0 Å². The summed E-state index contributed by atoms with van der Waals surface area (Å²) in [7, 11) is 0. The minimum absolute atomic E-state index is 0.171. The average Bonchev–Trinajstić information content (AvgIpc) is 2.44. The van der Waals surface area contributed by atoms with Crippen LogP contribution in [0.25, 0.3) is 5.65 Å². The van der Waals surface area contributed by atoms with Crippen LogP contribution >= 0.6 is 38.5 Å². The average molecular weight is 405 g/mol. The molecule has 0 aliphatic rings. The Bertz CT molecular complexity index is 535. The third kappa shape index (κ3) is 2.34. The van der Waals surface area contributed by atoms with Gasteiger partial charge in [0.05, 0.1) is 16.6 Å². The molecular weight excluding hydrogens is 400 g/mol. The molecule has 0 N–H and O–H groups in total. The first-order chi connectivity index (χ1) is 7.38. The number of pyridine rings is 1. The van der Waals surface area contributed by atoms with Crippen molar-refractivity contribution in [3.63, 3.8) is 0 Å². The van der Waals surface area contributed by atoms with Gasteiger partial charge in [0.2, 0.25) is 0 Å². The maximum absolute atomic E-state index is 12.4. The number of rotatable bonds is 1. The van der Waals surface area contributed by atoms with Crippen molar-refractivity contribution in [1.29, 1.82) is 0 Å². The van der Waals surface area contributed by atoms with E-state index in [1.165, 1.54) is 4.40 Å². The summed E-state index contributed by atoms with van der Waals surface area (Å²) in [5.41, 5.74) is 0.676. The number of hydrogen-bond acceptors (Lipinski definition) is 1. The van der Waals surface area contributed by atoms with Crippen LogP contribution in [-0.4, -0.2) is 15.6 Å². The highest BCUT2D eigenvalue weighted by atomic mass is 127. The SMILES string of the molecule is FC(F)(F)Cc1c(I)nc2c(Br)cccn12. The van der Waals surface area contributed by atoms with Crippen molar-refractivity contribution in [2.75, 3.05) is 0 Å². The largest absolute Gasteiger partial charge is 0.394 e. The van der Waals surface area contributed by atoms with E-state index in [9.17, 15) is 13.2 Å². The first-order valence-corrected chi connectivity index (χ1v) is 6.13. The number of alkyl halides is 3. The maximum Gasteiger partial charge on any atom is 0.394 e. The molecule has 86 valence electrons. The van der Waals surface area contributed by atoms with Gasteiger partial charge in [0, 0.05) is 6.20 Å². The van der Waals surface area contributed by atoms with Crippen LogP contribution in [0.5, 0.6) is 0 Å². The molecular formula is C9H5BrF3IN2. The fourth-order valence-electron chi connectivity index (χ4n) is 1.40. The second-order valence-electron chi connectivity index (χ2n) is 3.19. The van der Waals surface area contributed by atoms with Crippen molar-refractivity contribution in [1.82, 2.24) is 9.38 Å². The van der Waals surface area contributed by atoms with E-state index < -0.39 is 12.6 Å². The Morgan fingerprint density at radius 2 is 2.12 bits per heavy atom. The van der Waals surface area contributed by atoms with Crippen LogP contribution in [0.4, 0.5) is 13.2 Å². The van der Waals surface area contributed by atoms with Gasteiger partial charge in [-0.25, -0.2) is 4.98 Å². The van der Waals surface area contributed by atoms with E-state index in [0.29, 0.717) is 13.8 Å². The highest BCUT2D eigenvalue weighted by Crippen LogP contribution is 2.27. The van der Waals surface area contributed by atoms with Gasteiger partial charge in [-0.05, 0) is 50.7 Å². The van der Waals surface area contributed by atoms with E-state index in [1.807, 2.05) is 22.6 Å². The molecule has 2 rings (SSSR count). The van der Waals surface area contributed by atoms with Gasteiger partial charge >= 0.3 is 6.18 Å². The summed E-state index contributed by atoms with van der Waals surface area (Å²) in [5, 5.41) is 0. The Kier molecular flexibility index (Phi) is 3.17. The van der Waals surface area contributed by atoms with Gasteiger partial charge in [-0.15, -0.1) is 0 Å². The molecule has 0 saturated heterocycles. The van der Waals surface area contributed by atoms with Crippen LogP contribution < -0.4 is 0 Å². The summed E-state index contributed by atoms with van der Waals surface area (Å²) in [4.78, 5) is 4.10. The monoisotopic (exact) mass is 404 g/mol. The van der Waals surface area contributed by atoms with Gasteiger partial charge in [-0.1, -0.05) is 0 Å². The smallest absolute Gasteiger partial charge is 0.302 e. The van der Waals surface area contributed by atoms with Crippen molar-refractivity contribution in [3.05, 3.63) is 32.2 Å². The van der Waals surface area contributed by atoms with Gasteiger partial charge in [0.15, 0.2) is 5.65 Å². The third-order valence-corrected chi connectivity index (χ3v) is 3.50. The number of hydrogen-bond donors (Lipinski definition) is 0. The Balaban J connectivity index is 2.61. The number of nitrogens with zero attached hydrogens (tertiary/aromatic N) is 2. The van der Waals surface area contributed by atoms with Crippen LogP contribution in [-0.2, 0) is 6.42 Å². The molecule has 2 aromatic heterocycles. The molecule has 2 aromatic rings. The third-order valence-electron chi connectivity index (χ3n) is 2.02. The summed E-state index contributed by atoms with van der Waals surface area (Å²) in [5.74, 6) is 0. The van der Waals surface area contributed by atoms with Crippen LogP contribution in [0.2, 0.25) is 0 Å². The maximum atomic E-state index is 12.4. The van der Waals surface area contributed by atoms with E-state index >= 15 is 0 Å². The van der Waals surface area contributed by atoms with Crippen LogP contribution in [0.1, 0.15) is 5.69 Å². The zero-order chi connectivity index (χ0) is 11.9. The topological polar surface area (TPSA) is 17.3 Å². The van der Waals surface area contributed by atoms with Crippen LogP contribution in [0, 0.1) is 3.70 Å². The molecule has 0 aliphatic heterocycles. The number of halogens is 5. The lowest BCUT2D eigenvalue weighted by Gasteiger charge is -2.06. The predicted octanol–water partition coefficient (Wildman–Crippen LogP) is 3.81. The van der Waals surface area contributed by atoms with E-state index in [4.69, 9.17) is 0 Å². The molecule has 2 nitrogen and oxygen atoms in total. The molecule has 0 radical (unpaired) electrons. The molecule has 0 spiro atoms. The summed E-state index contributed by atoms with van der Waals surface area (Å²) >= 11 is 5.07. The summed E-state index contributed by atoms with van der Waals surface area (Å²) < 4.78 is 39.6. The second kappa shape index (κ2) is 4.17. The molecule has 0 aliphatic carbocycles. The Morgan fingerprint density at radius 3 is 2.75 bits per heavy atom. The van der Waals surface area contributed by atoms with Gasteiger partial charge in [0.1, 0.15) is 3.70 Å². The van der Waals surface area contributed by atoms with E-state index in [-0.39, 0.29) is 5.69 Å². The van der Waals surface area contributed by atoms with Crippen molar-refractivity contribution < 1.29 is 13.2 Å². The van der Waals surface area contributed by atoms with Crippen LogP contribution in [0.15, 0.2) is 22.8 Å². The molecule has 0 aromatic carbocycles. The molecule has 0 atom stereocenters. The second-order valence-corrected chi connectivity index (χ2v) is 5.07. The normalized spacial score (nSPS) is 12.3. The van der Waals surface area contributed by atoms with Gasteiger partial charge in [-0.2, -0.15) is 13.2 Å². The Labute approximate surface area is 111 Å². The zero-order valence-corrected chi connectivity index (χ0v) is 11.5. The highest BCUT2D eigenvalue weighted by Gasteiger charge is 2.31. The van der Waals surface area contributed by atoms with Gasteiger partial charge < -0.3 is 4.40 Å². The number of fused-ring (bicyclic) bond motifs is 1. The van der Waals surface area contributed by atoms with E-state index in [0.717, 1.165) is 0 Å². The zero-order valence-electron chi connectivity index (χ0n) is 7.72. The van der Waals surface area contributed by atoms with Gasteiger partial charge in [-0.3, -0.25) is 0 Å².